The highest BCUT2D eigenvalue weighted by Gasteiger charge is 2.26. The molecule has 4 nitrogen and oxygen atoms in total. The number of carbonyl (C=O) groups excluding carboxylic acids is 2. The van der Waals surface area contributed by atoms with Gasteiger partial charge in [0.1, 0.15) is 6.29 Å². The standard InChI is InChI=1S/C9H16N2O2/c1-10(2)9(13)11-6-4-3-5-8(11)7-12/h7-8H,3-6H2,1-2H3. The van der Waals surface area contributed by atoms with Gasteiger partial charge in [-0.2, -0.15) is 0 Å². The first-order chi connectivity index (χ1) is 6.16. The van der Waals surface area contributed by atoms with Crippen LogP contribution in [0, 0.1) is 0 Å². The first-order valence-electron chi connectivity index (χ1n) is 4.60. The molecule has 74 valence electrons. The Morgan fingerprint density at radius 3 is 2.69 bits per heavy atom. The molecular formula is C9H16N2O2. The van der Waals surface area contributed by atoms with Crippen LogP contribution in [0.2, 0.25) is 0 Å². The molecule has 1 heterocycles. The van der Waals surface area contributed by atoms with Gasteiger partial charge in [0, 0.05) is 20.6 Å². The molecule has 0 N–H and O–H groups in total. The number of rotatable bonds is 1. The van der Waals surface area contributed by atoms with Crippen LogP contribution >= 0.6 is 0 Å². The maximum atomic E-state index is 11.6. The molecule has 0 bridgehead atoms. The Balaban J connectivity index is 2.63. The topological polar surface area (TPSA) is 40.6 Å². The molecule has 1 rings (SSSR count). The second kappa shape index (κ2) is 4.25. The summed E-state index contributed by atoms with van der Waals surface area (Å²) in [6.45, 7) is 0.709. The number of amides is 2. The summed E-state index contributed by atoms with van der Waals surface area (Å²) in [4.78, 5) is 25.4. The molecule has 1 saturated heterocycles. The highest BCUT2D eigenvalue weighted by molar-refractivity contribution is 5.78. The van der Waals surface area contributed by atoms with E-state index >= 15 is 0 Å². The third kappa shape index (κ3) is 2.20. The molecule has 0 radical (unpaired) electrons. The van der Waals surface area contributed by atoms with Crippen molar-refractivity contribution in [2.24, 2.45) is 0 Å². The number of carbonyl (C=O) groups is 2. The molecular weight excluding hydrogens is 168 g/mol. The fourth-order valence-corrected chi connectivity index (χ4v) is 1.59. The van der Waals surface area contributed by atoms with Gasteiger partial charge in [-0.3, -0.25) is 0 Å². The number of hydrogen-bond donors (Lipinski definition) is 0. The quantitative estimate of drug-likeness (QED) is 0.563. The van der Waals surface area contributed by atoms with E-state index in [-0.39, 0.29) is 12.1 Å². The van der Waals surface area contributed by atoms with E-state index in [9.17, 15) is 9.59 Å². The van der Waals surface area contributed by atoms with Crippen molar-refractivity contribution in [3.63, 3.8) is 0 Å². The molecule has 0 aromatic heterocycles. The Bertz CT molecular complexity index is 204. The van der Waals surface area contributed by atoms with E-state index in [4.69, 9.17) is 0 Å². The third-order valence-electron chi connectivity index (χ3n) is 2.33. The van der Waals surface area contributed by atoms with Crippen molar-refractivity contribution in [1.82, 2.24) is 9.80 Å². The number of aldehydes is 1. The molecule has 1 aliphatic rings. The minimum atomic E-state index is -0.205. The van der Waals surface area contributed by atoms with Gasteiger partial charge in [-0.05, 0) is 19.3 Å². The summed E-state index contributed by atoms with van der Waals surface area (Å²) in [7, 11) is 3.41. The predicted molar refractivity (Wildman–Crippen MR) is 49.5 cm³/mol. The summed E-state index contributed by atoms with van der Waals surface area (Å²) in [5.41, 5.74) is 0. The average molecular weight is 184 g/mol. The van der Waals surface area contributed by atoms with Crippen molar-refractivity contribution in [3.8, 4) is 0 Å². The number of urea groups is 1. The molecule has 2 amide bonds. The lowest BCUT2D eigenvalue weighted by atomic mass is 10.0. The Labute approximate surface area is 78.5 Å². The fraction of sp³-hybridized carbons (Fsp3) is 0.778. The van der Waals surface area contributed by atoms with Crippen molar-refractivity contribution in [1.29, 1.82) is 0 Å². The highest BCUT2D eigenvalue weighted by Crippen LogP contribution is 2.16. The molecule has 13 heavy (non-hydrogen) atoms. The van der Waals surface area contributed by atoms with Crippen molar-refractivity contribution in [2.75, 3.05) is 20.6 Å². The van der Waals surface area contributed by atoms with Gasteiger partial charge in [0.25, 0.3) is 0 Å². The molecule has 1 atom stereocenters. The molecule has 0 spiro atoms. The largest absolute Gasteiger partial charge is 0.331 e. The molecule has 0 aromatic carbocycles. The van der Waals surface area contributed by atoms with Crippen LogP contribution in [0.3, 0.4) is 0 Å². The summed E-state index contributed by atoms with van der Waals surface area (Å²) in [6.07, 6.45) is 3.73. The molecule has 1 unspecified atom stereocenters. The van der Waals surface area contributed by atoms with Crippen LogP contribution in [0.1, 0.15) is 19.3 Å². The first-order valence-corrected chi connectivity index (χ1v) is 4.60. The zero-order valence-electron chi connectivity index (χ0n) is 8.19. The van der Waals surface area contributed by atoms with Crippen LogP contribution in [-0.2, 0) is 4.79 Å². The van der Waals surface area contributed by atoms with Crippen LogP contribution < -0.4 is 0 Å². The maximum absolute atomic E-state index is 11.6. The van der Waals surface area contributed by atoms with Gasteiger partial charge >= 0.3 is 6.03 Å². The summed E-state index contributed by atoms with van der Waals surface area (Å²) in [5.74, 6) is 0. The van der Waals surface area contributed by atoms with Crippen LogP contribution in [0.4, 0.5) is 4.79 Å². The van der Waals surface area contributed by atoms with Crippen molar-refractivity contribution < 1.29 is 9.59 Å². The second-order valence-corrected chi connectivity index (χ2v) is 3.57. The highest BCUT2D eigenvalue weighted by atomic mass is 16.2. The average Bonchev–Trinajstić information content (AvgIpc) is 2.16. The molecule has 0 saturated carbocycles. The zero-order chi connectivity index (χ0) is 9.84. The van der Waals surface area contributed by atoms with Crippen LogP contribution in [0.15, 0.2) is 0 Å². The fourth-order valence-electron chi connectivity index (χ4n) is 1.59. The second-order valence-electron chi connectivity index (χ2n) is 3.57. The summed E-state index contributed by atoms with van der Waals surface area (Å²) in [5, 5.41) is 0. The monoisotopic (exact) mass is 184 g/mol. The van der Waals surface area contributed by atoms with Gasteiger partial charge < -0.3 is 14.6 Å². The Hall–Kier alpha value is -1.06. The Kier molecular flexibility index (Phi) is 3.28. The lowest BCUT2D eigenvalue weighted by molar-refractivity contribution is -0.112. The van der Waals surface area contributed by atoms with E-state index in [1.54, 1.807) is 19.0 Å². The summed E-state index contributed by atoms with van der Waals surface area (Å²) in [6, 6.07) is -0.263. The molecule has 1 aliphatic heterocycles. The van der Waals surface area contributed by atoms with Gasteiger partial charge in [0.15, 0.2) is 0 Å². The first kappa shape index (κ1) is 10.0. The number of piperidine rings is 1. The van der Waals surface area contributed by atoms with Crippen LogP contribution in [0.25, 0.3) is 0 Å². The lowest BCUT2D eigenvalue weighted by Gasteiger charge is -2.34. The SMILES string of the molecule is CN(C)C(=O)N1CCCCC1C=O. The van der Waals surface area contributed by atoms with Crippen molar-refractivity contribution in [2.45, 2.75) is 25.3 Å². The number of nitrogens with zero attached hydrogens (tertiary/aromatic N) is 2. The number of likely N-dealkylation sites (tertiary alicyclic amines) is 1. The molecule has 1 fully saturated rings. The molecule has 4 heteroatoms. The van der Waals surface area contributed by atoms with E-state index < -0.39 is 0 Å². The van der Waals surface area contributed by atoms with Gasteiger partial charge in [0.2, 0.25) is 0 Å². The van der Waals surface area contributed by atoms with Crippen molar-refractivity contribution in [3.05, 3.63) is 0 Å². The van der Waals surface area contributed by atoms with E-state index in [0.717, 1.165) is 25.5 Å². The zero-order valence-corrected chi connectivity index (χ0v) is 8.19. The van der Waals surface area contributed by atoms with E-state index in [1.165, 1.54) is 4.90 Å². The number of hydrogen-bond acceptors (Lipinski definition) is 2. The van der Waals surface area contributed by atoms with Crippen LogP contribution in [-0.4, -0.2) is 48.8 Å². The third-order valence-corrected chi connectivity index (χ3v) is 2.33. The van der Waals surface area contributed by atoms with Gasteiger partial charge in [-0.1, -0.05) is 0 Å². The summed E-state index contributed by atoms with van der Waals surface area (Å²) < 4.78 is 0. The lowest BCUT2D eigenvalue weighted by Crippen LogP contribution is -2.48. The van der Waals surface area contributed by atoms with Crippen molar-refractivity contribution >= 4 is 12.3 Å². The van der Waals surface area contributed by atoms with Gasteiger partial charge in [-0.15, -0.1) is 0 Å². The van der Waals surface area contributed by atoms with E-state index in [2.05, 4.69) is 0 Å². The molecule has 0 aromatic rings. The van der Waals surface area contributed by atoms with Crippen LogP contribution in [0.5, 0.6) is 0 Å². The Morgan fingerprint density at radius 2 is 2.15 bits per heavy atom. The van der Waals surface area contributed by atoms with Gasteiger partial charge in [-0.25, -0.2) is 4.79 Å². The predicted octanol–water partition coefficient (Wildman–Crippen LogP) is 0.721. The minimum absolute atomic E-state index is 0.0585. The van der Waals surface area contributed by atoms with E-state index in [0.29, 0.717) is 6.54 Å². The Morgan fingerprint density at radius 1 is 1.46 bits per heavy atom. The normalized spacial score (nSPS) is 22.6. The smallest absolute Gasteiger partial charge is 0.320 e. The minimum Gasteiger partial charge on any atom is -0.331 e. The van der Waals surface area contributed by atoms with E-state index in [1.807, 2.05) is 0 Å². The summed E-state index contributed by atoms with van der Waals surface area (Å²) >= 11 is 0. The molecule has 0 aliphatic carbocycles. The van der Waals surface area contributed by atoms with Gasteiger partial charge in [0.05, 0.1) is 6.04 Å². The maximum Gasteiger partial charge on any atom is 0.320 e.